The normalized spacial score (nSPS) is 23.9. The molecule has 2 aromatic rings. The molecule has 2 aromatic carbocycles. The molecule has 0 radical (unpaired) electrons. The molecule has 1 aliphatic carbocycles. The average Bonchev–Trinajstić information content (AvgIpc) is 3.07. The predicted octanol–water partition coefficient (Wildman–Crippen LogP) is 3.70. The highest BCUT2D eigenvalue weighted by Crippen LogP contribution is 2.35. The summed E-state index contributed by atoms with van der Waals surface area (Å²) in [6, 6.07) is 12.8. The van der Waals surface area contributed by atoms with Crippen molar-refractivity contribution in [3.63, 3.8) is 0 Å². The molecule has 0 bridgehead atoms. The highest BCUT2D eigenvalue weighted by Gasteiger charge is 2.39. The summed E-state index contributed by atoms with van der Waals surface area (Å²) in [5.41, 5.74) is 2.42. The summed E-state index contributed by atoms with van der Waals surface area (Å²) in [7, 11) is 1.65. The van der Waals surface area contributed by atoms with Gasteiger partial charge in [0.15, 0.2) is 0 Å². The van der Waals surface area contributed by atoms with E-state index in [0.29, 0.717) is 57.0 Å². The van der Waals surface area contributed by atoms with E-state index in [1.165, 1.54) is 17.7 Å². The Balaban J connectivity index is 1.27. The molecule has 0 spiro atoms. The third kappa shape index (κ3) is 7.83. The topological polar surface area (TPSA) is 93.8 Å². The Hall–Kier alpha value is -3.53. The molecule has 4 unspecified atom stereocenters. The van der Waals surface area contributed by atoms with Crippen LogP contribution in [0.15, 0.2) is 71.8 Å². The van der Waals surface area contributed by atoms with Crippen molar-refractivity contribution >= 4 is 29.3 Å². The van der Waals surface area contributed by atoms with Gasteiger partial charge in [0.2, 0.25) is 17.7 Å². The Kier molecular flexibility index (Phi) is 10.7. The number of fused-ring (bicyclic) bond motifs is 1. The first kappa shape index (κ1) is 32.9. The standard InChI is InChI=1S/C35H43ClFN5O3/c1-3-29-23-41(17-16-35(34(45)38-2)14-12-27(36)13-15-35)18-19-42(29)33(44)31(20-24-8-10-28(37)11-9-24)40-32(43)30-21-25-6-4-5-7-26(25)22-39-30/h4-14,29-31,39H,3,15-23H2,1-2H3,(H,38,45)(H,40,43). The zero-order valence-electron chi connectivity index (χ0n) is 26.0. The van der Waals surface area contributed by atoms with Crippen LogP contribution in [0.5, 0.6) is 0 Å². The molecule has 1 fully saturated rings. The Labute approximate surface area is 270 Å². The maximum Gasteiger partial charge on any atom is 0.245 e. The van der Waals surface area contributed by atoms with Crippen molar-refractivity contribution in [2.24, 2.45) is 5.41 Å². The van der Waals surface area contributed by atoms with Crippen molar-refractivity contribution in [3.8, 4) is 0 Å². The highest BCUT2D eigenvalue weighted by molar-refractivity contribution is 6.31. The summed E-state index contributed by atoms with van der Waals surface area (Å²) in [6.07, 6.45) is 8.33. The second-order valence-corrected chi connectivity index (χ2v) is 12.7. The van der Waals surface area contributed by atoms with E-state index in [9.17, 15) is 18.8 Å². The van der Waals surface area contributed by atoms with E-state index in [-0.39, 0.29) is 36.0 Å². The predicted molar refractivity (Wildman–Crippen MR) is 174 cm³/mol. The molecule has 3 aliphatic rings. The van der Waals surface area contributed by atoms with Crippen LogP contribution in [0.2, 0.25) is 0 Å². The fraction of sp³-hybridized carbons (Fsp3) is 0.457. The van der Waals surface area contributed by atoms with Crippen LogP contribution in [0.4, 0.5) is 4.39 Å². The molecule has 0 aromatic heterocycles. The number of amides is 3. The van der Waals surface area contributed by atoms with E-state index in [4.69, 9.17) is 11.6 Å². The van der Waals surface area contributed by atoms with E-state index in [1.54, 1.807) is 25.3 Å². The Morgan fingerprint density at radius 2 is 1.87 bits per heavy atom. The molecular formula is C35H43ClFN5O3. The fourth-order valence-electron chi connectivity index (χ4n) is 6.66. The third-order valence-electron chi connectivity index (χ3n) is 9.46. The van der Waals surface area contributed by atoms with Gasteiger partial charge in [-0.25, -0.2) is 4.39 Å². The average molecular weight is 636 g/mol. The van der Waals surface area contributed by atoms with Crippen LogP contribution in [0, 0.1) is 11.2 Å². The maximum absolute atomic E-state index is 14.2. The minimum absolute atomic E-state index is 0.0321. The van der Waals surface area contributed by atoms with Gasteiger partial charge in [0.05, 0.1) is 11.5 Å². The summed E-state index contributed by atoms with van der Waals surface area (Å²) in [4.78, 5) is 44.8. The van der Waals surface area contributed by atoms with Gasteiger partial charge in [-0.3, -0.25) is 19.3 Å². The number of rotatable bonds is 10. The van der Waals surface area contributed by atoms with Crippen LogP contribution in [0.25, 0.3) is 0 Å². The van der Waals surface area contributed by atoms with E-state index >= 15 is 0 Å². The van der Waals surface area contributed by atoms with Gasteiger partial charge in [0.25, 0.3) is 0 Å². The number of nitrogens with one attached hydrogen (secondary N) is 3. The third-order valence-corrected chi connectivity index (χ3v) is 9.74. The van der Waals surface area contributed by atoms with Crippen molar-refractivity contribution in [3.05, 3.63) is 94.3 Å². The minimum atomic E-state index is -0.789. The van der Waals surface area contributed by atoms with Gasteiger partial charge in [-0.1, -0.05) is 67.1 Å². The quantitative estimate of drug-likeness (QED) is 0.370. The zero-order chi connectivity index (χ0) is 32.0. The SMILES string of the molecule is CCC1CN(CCC2(C(=O)NC)C=CC(Cl)=CC2)CCN1C(=O)C(Cc1ccc(F)cc1)NC(=O)C1Cc2ccccc2CN1. The molecule has 45 heavy (non-hydrogen) atoms. The van der Waals surface area contributed by atoms with Crippen molar-refractivity contribution in [2.45, 2.75) is 63.7 Å². The molecule has 4 atom stereocenters. The minimum Gasteiger partial charge on any atom is -0.358 e. The van der Waals surface area contributed by atoms with E-state index in [2.05, 4.69) is 33.8 Å². The first-order valence-corrected chi connectivity index (χ1v) is 16.2. The smallest absolute Gasteiger partial charge is 0.245 e. The van der Waals surface area contributed by atoms with Crippen LogP contribution in [-0.2, 0) is 33.8 Å². The lowest BCUT2D eigenvalue weighted by molar-refractivity contribution is -0.141. The first-order chi connectivity index (χ1) is 21.7. The molecule has 2 aliphatic heterocycles. The lowest BCUT2D eigenvalue weighted by Crippen LogP contribution is -2.61. The number of piperazine rings is 1. The largest absolute Gasteiger partial charge is 0.358 e. The van der Waals surface area contributed by atoms with Gasteiger partial charge < -0.3 is 20.9 Å². The summed E-state index contributed by atoms with van der Waals surface area (Å²) in [5, 5.41) is 9.82. The summed E-state index contributed by atoms with van der Waals surface area (Å²) >= 11 is 6.15. The number of carbonyl (C=O) groups is 3. The molecule has 10 heteroatoms. The fourth-order valence-corrected chi connectivity index (χ4v) is 6.80. The van der Waals surface area contributed by atoms with Crippen LogP contribution in [-0.4, -0.2) is 78.9 Å². The molecule has 5 rings (SSSR count). The number of nitrogens with zero attached hydrogens (tertiary/aromatic N) is 2. The van der Waals surface area contributed by atoms with Gasteiger partial charge in [0.1, 0.15) is 11.9 Å². The number of carbonyl (C=O) groups excluding carboxylic acids is 3. The Bertz CT molecular complexity index is 1450. The molecule has 3 N–H and O–H groups in total. The lowest BCUT2D eigenvalue weighted by Gasteiger charge is -2.43. The van der Waals surface area contributed by atoms with Gasteiger partial charge in [-0.05, 0) is 67.1 Å². The number of hydrogen-bond donors (Lipinski definition) is 3. The number of hydrogen-bond acceptors (Lipinski definition) is 5. The van der Waals surface area contributed by atoms with Gasteiger partial charge in [-0.15, -0.1) is 0 Å². The summed E-state index contributed by atoms with van der Waals surface area (Å²) in [5.74, 6) is -0.729. The van der Waals surface area contributed by atoms with Crippen LogP contribution >= 0.6 is 11.6 Å². The highest BCUT2D eigenvalue weighted by atomic mass is 35.5. The lowest BCUT2D eigenvalue weighted by atomic mass is 9.77. The monoisotopic (exact) mass is 635 g/mol. The van der Waals surface area contributed by atoms with E-state index in [0.717, 1.165) is 17.5 Å². The molecule has 8 nitrogen and oxygen atoms in total. The summed E-state index contributed by atoms with van der Waals surface area (Å²) in [6.45, 7) is 5.19. The van der Waals surface area contributed by atoms with Crippen LogP contribution < -0.4 is 16.0 Å². The van der Waals surface area contributed by atoms with Gasteiger partial charge in [0, 0.05) is 50.7 Å². The van der Waals surface area contributed by atoms with Crippen molar-refractivity contribution in [2.75, 3.05) is 33.2 Å². The molecule has 0 saturated carbocycles. The van der Waals surface area contributed by atoms with Crippen LogP contribution in [0.1, 0.15) is 42.9 Å². The maximum atomic E-state index is 14.2. The van der Waals surface area contributed by atoms with E-state index in [1.807, 2.05) is 35.3 Å². The Morgan fingerprint density at radius 3 is 2.56 bits per heavy atom. The van der Waals surface area contributed by atoms with E-state index < -0.39 is 17.5 Å². The molecule has 240 valence electrons. The molecule has 3 amide bonds. The molecule has 1 saturated heterocycles. The molecular weight excluding hydrogens is 593 g/mol. The second kappa shape index (κ2) is 14.7. The van der Waals surface area contributed by atoms with Crippen molar-refractivity contribution in [1.82, 2.24) is 25.8 Å². The van der Waals surface area contributed by atoms with Gasteiger partial charge in [-0.2, -0.15) is 0 Å². The van der Waals surface area contributed by atoms with Crippen molar-refractivity contribution in [1.29, 1.82) is 0 Å². The number of halogens is 2. The van der Waals surface area contributed by atoms with Crippen molar-refractivity contribution < 1.29 is 18.8 Å². The number of allylic oxidation sites excluding steroid dienone is 3. The second-order valence-electron chi connectivity index (χ2n) is 12.3. The molecule has 2 heterocycles. The van der Waals surface area contributed by atoms with Gasteiger partial charge >= 0.3 is 0 Å². The summed E-state index contributed by atoms with van der Waals surface area (Å²) < 4.78 is 13.7. The Morgan fingerprint density at radius 1 is 1.11 bits per heavy atom. The zero-order valence-corrected chi connectivity index (χ0v) is 26.8. The number of benzene rings is 2. The first-order valence-electron chi connectivity index (χ1n) is 15.9. The van der Waals surface area contributed by atoms with Crippen LogP contribution in [0.3, 0.4) is 0 Å².